The molecule has 2 unspecified atom stereocenters. The highest BCUT2D eigenvalue weighted by atomic mass is 16.5. The number of hydrogen-bond donors (Lipinski definition) is 1. The first-order chi connectivity index (χ1) is 9.40. The first-order valence-corrected chi connectivity index (χ1v) is 7.73. The van der Waals surface area contributed by atoms with E-state index in [1.807, 2.05) is 0 Å². The average Bonchev–Trinajstić information content (AvgIpc) is 2.48. The lowest BCUT2D eigenvalue weighted by molar-refractivity contribution is 0.00553. The minimum absolute atomic E-state index is 0.440. The first-order valence-electron chi connectivity index (χ1n) is 7.73. The Hall–Kier alpha value is -0.860. The van der Waals surface area contributed by atoms with Gasteiger partial charge in [0.05, 0.1) is 6.10 Å². The third-order valence-corrected chi connectivity index (χ3v) is 4.11. The number of unbranched alkanes of at least 4 members (excludes halogenated alkanes) is 1. The highest BCUT2D eigenvalue weighted by Crippen LogP contribution is 2.21. The van der Waals surface area contributed by atoms with Gasteiger partial charge in [-0.05, 0) is 44.7 Å². The van der Waals surface area contributed by atoms with Gasteiger partial charge >= 0.3 is 0 Å². The minimum Gasteiger partial charge on any atom is -0.377 e. The number of nitrogens with one attached hydrogen (secondary N) is 1. The fourth-order valence-corrected chi connectivity index (χ4v) is 2.94. The summed E-state index contributed by atoms with van der Waals surface area (Å²) in [5, 5.41) is 3.40. The van der Waals surface area contributed by atoms with Crippen molar-refractivity contribution in [3.63, 3.8) is 0 Å². The van der Waals surface area contributed by atoms with Crippen molar-refractivity contribution in [2.24, 2.45) is 0 Å². The molecule has 2 rings (SSSR count). The predicted molar refractivity (Wildman–Crippen MR) is 80.4 cm³/mol. The second kappa shape index (κ2) is 8.34. The van der Waals surface area contributed by atoms with E-state index in [4.69, 9.17) is 4.74 Å². The van der Waals surface area contributed by atoms with Crippen molar-refractivity contribution >= 4 is 0 Å². The summed E-state index contributed by atoms with van der Waals surface area (Å²) < 4.78 is 6.06. The molecule has 0 amide bonds. The molecule has 0 bridgehead atoms. The molecule has 1 aliphatic carbocycles. The summed E-state index contributed by atoms with van der Waals surface area (Å²) in [5.41, 5.74) is 1.44. The highest BCUT2D eigenvalue weighted by molar-refractivity contribution is 5.14. The molecular weight excluding hydrogens is 234 g/mol. The number of ether oxygens (including phenoxy) is 1. The van der Waals surface area contributed by atoms with E-state index in [9.17, 15) is 0 Å². The summed E-state index contributed by atoms with van der Waals surface area (Å²) in [7, 11) is 2.06. The molecule has 0 heterocycles. The fourth-order valence-electron chi connectivity index (χ4n) is 2.94. The van der Waals surface area contributed by atoms with Gasteiger partial charge in [0.2, 0.25) is 0 Å². The molecule has 1 fully saturated rings. The minimum atomic E-state index is 0.440. The Morgan fingerprint density at radius 1 is 1.11 bits per heavy atom. The molecule has 2 atom stereocenters. The molecule has 0 aliphatic heterocycles. The molecule has 1 aliphatic rings. The van der Waals surface area contributed by atoms with Crippen molar-refractivity contribution < 1.29 is 4.74 Å². The van der Waals surface area contributed by atoms with Crippen LogP contribution >= 0.6 is 0 Å². The zero-order valence-electron chi connectivity index (χ0n) is 12.1. The molecule has 1 aromatic rings. The van der Waals surface area contributed by atoms with E-state index in [1.54, 1.807) is 0 Å². The summed E-state index contributed by atoms with van der Waals surface area (Å²) in [5.74, 6) is 0. The molecule has 19 heavy (non-hydrogen) atoms. The molecule has 0 aromatic heterocycles. The van der Waals surface area contributed by atoms with Gasteiger partial charge in [-0.3, -0.25) is 0 Å². The number of hydrogen-bond acceptors (Lipinski definition) is 2. The second-order valence-corrected chi connectivity index (χ2v) is 5.53. The fraction of sp³-hybridized carbons (Fsp3) is 0.647. The van der Waals surface area contributed by atoms with Crippen molar-refractivity contribution in [1.82, 2.24) is 5.32 Å². The van der Waals surface area contributed by atoms with Crippen molar-refractivity contribution in [3.8, 4) is 0 Å². The SMILES string of the molecule is CNC1CCCCC1OCCCCc1ccccc1. The van der Waals surface area contributed by atoms with Gasteiger partial charge in [0.25, 0.3) is 0 Å². The molecule has 0 saturated heterocycles. The average molecular weight is 261 g/mol. The van der Waals surface area contributed by atoms with Crippen LogP contribution < -0.4 is 5.32 Å². The zero-order valence-corrected chi connectivity index (χ0v) is 12.1. The Bertz CT molecular complexity index is 338. The van der Waals surface area contributed by atoms with Crippen molar-refractivity contribution in [1.29, 1.82) is 0 Å². The van der Waals surface area contributed by atoms with E-state index in [0.717, 1.165) is 6.61 Å². The van der Waals surface area contributed by atoms with E-state index in [2.05, 4.69) is 42.7 Å². The van der Waals surface area contributed by atoms with Crippen LogP contribution in [0.2, 0.25) is 0 Å². The Labute approximate surface area is 117 Å². The van der Waals surface area contributed by atoms with E-state index in [0.29, 0.717) is 12.1 Å². The summed E-state index contributed by atoms with van der Waals surface area (Å²) in [4.78, 5) is 0. The van der Waals surface area contributed by atoms with Crippen LogP contribution in [0.5, 0.6) is 0 Å². The van der Waals surface area contributed by atoms with Gasteiger partial charge in [-0.15, -0.1) is 0 Å². The van der Waals surface area contributed by atoms with Crippen LogP contribution in [0.3, 0.4) is 0 Å². The summed E-state index contributed by atoms with van der Waals surface area (Å²) in [6.07, 6.45) is 9.17. The maximum absolute atomic E-state index is 6.06. The predicted octanol–water partition coefficient (Wildman–Crippen LogP) is 3.56. The Morgan fingerprint density at radius 3 is 2.68 bits per heavy atom. The van der Waals surface area contributed by atoms with Gasteiger partial charge in [0.1, 0.15) is 0 Å². The van der Waals surface area contributed by atoms with Gasteiger partial charge in [-0.2, -0.15) is 0 Å². The second-order valence-electron chi connectivity index (χ2n) is 5.53. The third kappa shape index (κ3) is 4.96. The van der Waals surface area contributed by atoms with E-state index in [-0.39, 0.29) is 0 Å². The maximum atomic E-state index is 6.06. The third-order valence-electron chi connectivity index (χ3n) is 4.11. The van der Waals surface area contributed by atoms with Crippen LogP contribution in [0.4, 0.5) is 0 Å². The van der Waals surface area contributed by atoms with Gasteiger partial charge in [0.15, 0.2) is 0 Å². The normalized spacial score (nSPS) is 23.4. The summed E-state index contributed by atoms with van der Waals surface area (Å²) >= 11 is 0. The van der Waals surface area contributed by atoms with Crippen LogP contribution in [-0.4, -0.2) is 25.8 Å². The van der Waals surface area contributed by atoms with Crippen LogP contribution in [0.1, 0.15) is 44.1 Å². The van der Waals surface area contributed by atoms with Crippen molar-refractivity contribution in [2.75, 3.05) is 13.7 Å². The Kier molecular flexibility index (Phi) is 6.38. The van der Waals surface area contributed by atoms with Crippen LogP contribution in [0, 0.1) is 0 Å². The lowest BCUT2D eigenvalue weighted by Crippen LogP contribution is -2.41. The van der Waals surface area contributed by atoms with E-state index < -0.39 is 0 Å². The topological polar surface area (TPSA) is 21.3 Å². The number of rotatable bonds is 7. The molecule has 1 N–H and O–H groups in total. The molecule has 106 valence electrons. The Balaban J connectivity index is 1.58. The van der Waals surface area contributed by atoms with Crippen molar-refractivity contribution in [3.05, 3.63) is 35.9 Å². The summed E-state index contributed by atoms with van der Waals surface area (Å²) in [6, 6.07) is 11.3. The smallest absolute Gasteiger partial charge is 0.0727 e. The van der Waals surface area contributed by atoms with Crippen LogP contribution in [-0.2, 0) is 11.2 Å². The van der Waals surface area contributed by atoms with Crippen LogP contribution in [0.25, 0.3) is 0 Å². The molecule has 0 radical (unpaired) electrons. The number of aryl methyl sites for hydroxylation is 1. The van der Waals surface area contributed by atoms with E-state index >= 15 is 0 Å². The highest BCUT2D eigenvalue weighted by Gasteiger charge is 2.23. The lowest BCUT2D eigenvalue weighted by Gasteiger charge is -2.31. The van der Waals surface area contributed by atoms with Gasteiger partial charge < -0.3 is 10.1 Å². The van der Waals surface area contributed by atoms with E-state index in [1.165, 1.54) is 50.5 Å². The molecular formula is C17H27NO. The zero-order chi connectivity index (χ0) is 13.3. The molecule has 2 heteroatoms. The first kappa shape index (κ1) is 14.5. The molecule has 0 spiro atoms. The quantitative estimate of drug-likeness (QED) is 0.758. The lowest BCUT2D eigenvalue weighted by atomic mass is 9.92. The summed E-state index contributed by atoms with van der Waals surface area (Å²) in [6.45, 7) is 0.912. The molecule has 2 nitrogen and oxygen atoms in total. The largest absolute Gasteiger partial charge is 0.377 e. The molecule has 1 aromatic carbocycles. The van der Waals surface area contributed by atoms with Gasteiger partial charge in [-0.25, -0.2) is 0 Å². The maximum Gasteiger partial charge on any atom is 0.0727 e. The Morgan fingerprint density at radius 2 is 1.89 bits per heavy atom. The van der Waals surface area contributed by atoms with Crippen molar-refractivity contribution in [2.45, 2.75) is 57.1 Å². The van der Waals surface area contributed by atoms with Gasteiger partial charge in [0, 0.05) is 12.6 Å². The number of likely N-dealkylation sites (N-methyl/N-ethyl adjacent to an activating group) is 1. The van der Waals surface area contributed by atoms with Crippen LogP contribution in [0.15, 0.2) is 30.3 Å². The molecule has 1 saturated carbocycles. The standard InChI is InChI=1S/C17H27NO/c1-18-16-12-5-6-13-17(16)19-14-8-7-11-15-9-3-2-4-10-15/h2-4,9-10,16-18H,5-8,11-14H2,1H3. The van der Waals surface area contributed by atoms with Gasteiger partial charge in [-0.1, -0.05) is 43.2 Å². The number of benzene rings is 1. The monoisotopic (exact) mass is 261 g/mol.